The Bertz CT molecular complexity index is 415. The predicted molar refractivity (Wildman–Crippen MR) is 67.0 cm³/mol. The van der Waals surface area contributed by atoms with Gasteiger partial charge in [0.25, 0.3) is 0 Å². The molecule has 0 radical (unpaired) electrons. The van der Waals surface area contributed by atoms with E-state index < -0.39 is 0 Å². The van der Waals surface area contributed by atoms with Gasteiger partial charge in [0.15, 0.2) is 0 Å². The van der Waals surface area contributed by atoms with Crippen LogP contribution in [0.1, 0.15) is 19.4 Å². The van der Waals surface area contributed by atoms with E-state index in [1.54, 1.807) is 0 Å². The van der Waals surface area contributed by atoms with Crippen molar-refractivity contribution in [1.82, 2.24) is 4.57 Å². The number of hydrogen-bond donors (Lipinski definition) is 1. The molecular formula is C13H20N2. The minimum atomic E-state index is 0.716. The van der Waals surface area contributed by atoms with E-state index >= 15 is 0 Å². The molecule has 2 nitrogen and oxygen atoms in total. The zero-order valence-electron chi connectivity index (χ0n) is 9.83. The zero-order valence-corrected chi connectivity index (χ0v) is 9.83. The largest absolute Gasteiger partial charge is 0.350 e. The monoisotopic (exact) mass is 204 g/mol. The maximum Gasteiger partial charge on any atom is 0.0480 e. The smallest absolute Gasteiger partial charge is 0.0480 e. The first kappa shape index (κ1) is 11.8. The summed E-state index contributed by atoms with van der Waals surface area (Å²) in [6.45, 7) is 4.72. The van der Waals surface area contributed by atoms with E-state index in [-0.39, 0.29) is 0 Å². The molecule has 2 heteroatoms. The standard InChI is InChI=1S/C11H14N2.C2H6/c1-13-8-9(6-7-12)10-4-2-3-5-11(10)13;1-2/h2-5,8H,6-7,12H2,1H3;1-2H3. The van der Waals surface area contributed by atoms with Crippen LogP contribution in [0.25, 0.3) is 10.9 Å². The molecule has 0 spiro atoms. The highest BCUT2D eigenvalue weighted by Crippen LogP contribution is 2.19. The average Bonchev–Trinajstić information content (AvgIpc) is 2.61. The summed E-state index contributed by atoms with van der Waals surface area (Å²) in [5.41, 5.74) is 8.18. The maximum atomic E-state index is 5.55. The zero-order chi connectivity index (χ0) is 11.3. The number of aromatic nitrogens is 1. The Morgan fingerprint density at radius 3 is 2.53 bits per heavy atom. The summed E-state index contributed by atoms with van der Waals surface area (Å²) in [4.78, 5) is 0. The molecule has 0 unspecified atom stereocenters. The topological polar surface area (TPSA) is 30.9 Å². The molecule has 0 saturated heterocycles. The normalized spacial score (nSPS) is 9.87. The summed E-state index contributed by atoms with van der Waals surface area (Å²) in [5.74, 6) is 0. The number of hydrogen-bond acceptors (Lipinski definition) is 1. The number of fused-ring (bicyclic) bond motifs is 1. The third-order valence-corrected chi connectivity index (χ3v) is 2.39. The fraction of sp³-hybridized carbons (Fsp3) is 0.385. The molecule has 2 aromatic rings. The quantitative estimate of drug-likeness (QED) is 0.801. The van der Waals surface area contributed by atoms with Crippen LogP contribution in [0.5, 0.6) is 0 Å². The van der Waals surface area contributed by atoms with Gasteiger partial charge in [-0.05, 0) is 24.6 Å². The van der Waals surface area contributed by atoms with E-state index in [1.807, 2.05) is 13.8 Å². The second-order valence-corrected chi connectivity index (χ2v) is 3.32. The molecule has 1 aromatic carbocycles. The van der Waals surface area contributed by atoms with Gasteiger partial charge in [0.1, 0.15) is 0 Å². The van der Waals surface area contributed by atoms with Gasteiger partial charge in [-0.2, -0.15) is 0 Å². The highest BCUT2D eigenvalue weighted by molar-refractivity contribution is 5.83. The lowest BCUT2D eigenvalue weighted by atomic mass is 10.1. The van der Waals surface area contributed by atoms with Crippen molar-refractivity contribution < 1.29 is 0 Å². The predicted octanol–water partition coefficient (Wildman–Crippen LogP) is 2.71. The number of benzene rings is 1. The van der Waals surface area contributed by atoms with Crippen LogP contribution >= 0.6 is 0 Å². The summed E-state index contributed by atoms with van der Waals surface area (Å²) >= 11 is 0. The number of nitrogens with zero attached hydrogens (tertiary/aromatic N) is 1. The SMILES string of the molecule is CC.Cn1cc(CCN)c2ccccc21. The van der Waals surface area contributed by atoms with Gasteiger partial charge in [-0.25, -0.2) is 0 Å². The second-order valence-electron chi connectivity index (χ2n) is 3.32. The molecule has 0 bridgehead atoms. The van der Waals surface area contributed by atoms with Crippen molar-refractivity contribution in [3.8, 4) is 0 Å². The second kappa shape index (κ2) is 5.56. The Kier molecular flexibility index (Phi) is 4.37. The van der Waals surface area contributed by atoms with Crippen LogP contribution in [0, 0.1) is 0 Å². The summed E-state index contributed by atoms with van der Waals surface area (Å²) in [7, 11) is 2.07. The van der Waals surface area contributed by atoms with E-state index in [9.17, 15) is 0 Å². The molecule has 1 aromatic heterocycles. The van der Waals surface area contributed by atoms with Crippen LogP contribution in [0.3, 0.4) is 0 Å². The van der Waals surface area contributed by atoms with Crippen molar-refractivity contribution in [2.75, 3.05) is 6.54 Å². The van der Waals surface area contributed by atoms with E-state index in [1.165, 1.54) is 16.5 Å². The van der Waals surface area contributed by atoms with Gasteiger partial charge in [0.2, 0.25) is 0 Å². The van der Waals surface area contributed by atoms with Crippen molar-refractivity contribution in [2.45, 2.75) is 20.3 Å². The molecule has 0 fully saturated rings. The van der Waals surface area contributed by atoms with Crippen molar-refractivity contribution >= 4 is 10.9 Å². The van der Waals surface area contributed by atoms with Crippen molar-refractivity contribution in [2.24, 2.45) is 12.8 Å². The molecule has 2 N–H and O–H groups in total. The van der Waals surface area contributed by atoms with Crippen LogP contribution in [-0.2, 0) is 13.5 Å². The molecule has 0 amide bonds. The fourth-order valence-electron chi connectivity index (χ4n) is 1.78. The highest BCUT2D eigenvalue weighted by atomic mass is 14.9. The molecule has 0 aliphatic heterocycles. The molecule has 0 atom stereocenters. The number of aryl methyl sites for hydroxylation is 1. The molecular weight excluding hydrogens is 184 g/mol. The summed E-state index contributed by atoms with van der Waals surface area (Å²) in [6, 6.07) is 8.42. The summed E-state index contributed by atoms with van der Waals surface area (Å²) < 4.78 is 2.15. The molecule has 0 aliphatic rings. The Balaban J connectivity index is 0.000000531. The summed E-state index contributed by atoms with van der Waals surface area (Å²) in [5, 5.41) is 1.33. The lowest BCUT2D eigenvalue weighted by Gasteiger charge is -1.94. The van der Waals surface area contributed by atoms with Crippen LogP contribution < -0.4 is 5.73 Å². The minimum absolute atomic E-state index is 0.716. The first-order chi connectivity index (χ1) is 7.33. The van der Waals surface area contributed by atoms with Crippen LogP contribution in [0.4, 0.5) is 0 Å². The minimum Gasteiger partial charge on any atom is -0.350 e. The van der Waals surface area contributed by atoms with Gasteiger partial charge in [-0.3, -0.25) is 0 Å². The van der Waals surface area contributed by atoms with Gasteiger partial charge >= 0.3 is 0 Å². The fourth-order valence-corrected chi connectivity index (χ4v) is 1.78. The van der Waals surface area contributed by atoms with Crippen LogP contribution in [0.15, 0.2) is 30.5 Å². The lowest BCUT2D eigenvalue weighted by molar-refractivity contribution is 0.929. The maximum absolute atomic E-state index is 5.55. The first-order valence-electron chi connectivity index (χ1n) is 5.56. The summed E-state index contributed by atoms with van der Waals surface area (Å²) in [6.07, 6.45) is 3.12. The van der Waals surface area contributed by atoms with Crippen LogP contribution in [-0.4, -0.2) is 11.1 Å². The molecule has 82 valence electrons. The Hall–Kier alpha value is -1.28. The third kappa shape index (κ3) is 2.39. The molecule has 15 heavy (non-hydrogen) atoms. The molecule has 2 rings (SSSR count). The molecule has 1 heterocycles. The third-order valence-electron chi connectivity index (χ3n) is 2.39. The average molecular weight is 204 g/mol. The van der Waals surface area contributed by atoms with E-state index in [4.69, 9.17) is 5.73 Å². The van der Waals surface area contributed by atoms with Gasteiger partial charge in [-0.1, -0.05) is 32.0 Å². The van der Waals surface area contributed by atoms with Gasteiger partial charge in [0, 0.05) is 24.1 Å². The van der Waals surface area contributed by atoms with E-state index in [0.717, 1.165) is 6.42 Å². The molecule has 0 aliphatic carbocycles. The van der Waals surface area contributed by atoms with E-state index in [2.05, 4.69) is 42.1 Å². The highest BCUT2D eigenvalue weighted by Gasteiger charge is 2.03. The molecule has 0 saturated carbocycles. The van der Waals surface area contributed by atoms with Crippen molar-refractivity contribution in [3.05, 3.63) is 36.0 Å². The number of nitrogens with two attached hydrogens (primary N) is 1. The first-order valence-corrected chi connectivity index (χ1v) is 5.56. The van der Waals surface area contributed by atoms with Crippen molar-refractivity contribution in [1.29, 1.82) is 0 Å². The lowest BCUT2D eigenvalue weighted by Crippen LogP contribution is -2.01. The van der Waals surface area contributed by atoms with Crippen molar-refractivity contribution in [3.63, 3.8) is 0 Å². The Labute approximate surface area is 91.7 Å². The van der Waals surface area contributed by atoms with Gasteiger partial charge < -0.3 is 10.3 Å². The number of rotatable bonds is 2. The Morgan fingerprint density at radius 1 is 1.20 bits per heavy atom. The van der Waals surface area contributed by atoms with Gasteiger partial charge in [-0.15, -0.1) is 0 Å². The van der Waals surface area contributed by atoms with Gasteiger partial charge in [0.05, 0.1) is 0 Å². The van der Waals surface area contributed by atoms with Crippen LogP contribution in [0.2, 0.25) is 0 Å². The Morgan fingerprint density at radius 2 is 1.87 bits per heavy atom. The number of para-hydroxylation sites is 1. The van der Waals surface area contributed by atoms with E-state index in [0.29, 0.717) is 6.54 Å².